The number of hydrogen-bond acceptors (Lipinski definition) is 3. The van der Waals surface area contributed by atoms with Crippen molar-refractivity contribution in [1.29, 1.82) is 0 Å². The molecular formula is C14H29N3. The predicted molar refractivity (Wildman–Crippen MR) is 73.4 cm³/mol. The summed E-state index contributed by atoms with van der Waals surface area (Å²) in [5.41, 5.74) is 0. The highest BCUT2D eigenvalue weighted by molar-refractivity contribution is 4.81. The van der Waals surface area contributed by atoms with E-state index in [1.165, 1.54) is 64.7 Å². The van der Waals surface area contributed by atoms with Gasteiger partial charge in [0.1, 0.15) is 0 Å². The Bertz CT molecular complexity index is 204. The van der Waals surface area contributed by atoms with E-state index >= 15 is 0 Å². The Morgan fingerprint density at radius 2 is 1.88 bits per heavy atom. The molecule has 1 unspecified atom stereocenters. The molecule has 2 heterocycles. The van der Waals surface area contributed by atoms with E-state index in [1.54, 1.807) is 0 Å². The molecule has 0 radical (unpaired) electrons. The molecule has 100 valence electrons. The smallest absolute Gasteiger partial charge is 0.0195 e. The summed E-state index contributed by atoms with van der Waals surface area (Å²) in [5, 5.41) is 3.71. The van der Waals surface area contributed by atoms with Crippen LogP contribution in [0.3, 0.4) is 0 Å². The van der Waals surface area contributed by atoms with Crippen molar-refractivity contribution in [2.45, 2.75) is 50.6 Å². The molecule has 0 aromatic rings. The van der Waals surface area contributed by atoms with Crippen LogP contribution >= 0.6 is 0 Å². The van der Waals surface area contributed by atoms with Crippen LogP contribution in [-0.4, -0.2) is 62.2 Å². The largest absolute Gasteiger partial charge is 0.313 e. The van der Waals surface area contributed by atoms with E-state index in [0.29, 0.717) is 0 Å². The van der Waals surface area contributed by atoms with Crippen LogP contribution in [0.5, 0.6) is 0 Å². The summed E-state index contributed by atoms with van der Waals surface area (Å²) in [5.74, 6) is 0. The number of piperidine rings is 1. The third-order valence-corrected chi connectivity index (χ3v) is 4.48. The van der Waals surface area contributed by atoms with Gasteiger partial charge in [-0.2, -0.15) is 0 Å². The van der Waals surface area contributed by atoms with E-state index in [1.807, 2.05) is 0 Å². The zero-order valence-electron chi connectivity index (χ0n) is 11.6. The van der Waals surface area contributed by atoms with E-state index in [-0.39, 0.29) is 0 Å². The fourth-order valence-electron chi connectivity index (χ4n) is 3.19. The van der Waals surface area contributed by atoms with Gasteiger partial charge in [-0.15, -0.1) is 0 Å². The lowest BCUT2D eigenvalue weighted by Gasteiger charge is -2.36. The number of likely N-dealkylation sites (N-methyl/N-ethyl adjacent to an activating group) is 1. The molecule has 0 aromatic carbocycles. The molecule has 0 bridgehead atoms. The Morgan fingerprint density at radius 3 is 2.65 bits per heavy atom. The molecule has 3 heteroatoms. The van der Waals surface area contributed by atoms with Gasteiger partial charge >= 0.3 is 0 Å². The standard InChI is InChI=1S/C14H29N3/c1-16-10-7-14(8-11-16)17(2)12-13-6-4-3-5-9-15-13/h13-15H,3-12H2,1-2H3. The minimum Gasteiger partial charge on any atom is -0.313 e. The molecule has 2 fully saturated rings. The molecule has 1 N–H and O–H groups in total. The summed E-state index contributed by atoms with van der Waals surface area (Å²) in [6.45, 7) is 5.01. The summed E-state index contributed by atoms with van der Waals surface area (Å²) >= 11 is 0. The lowest BCUT2D eigenvalue weighted by Crippen LogP contribution is -2.47. The van der Waals surface area contributed by atoms with Crippen LogP contribution in [0, 0.1) is 0 Å². The van der Waals surface area contributed by atoms with Crippen LogP contribution in [0.25, 0.3) is 0 Å². The normalized spacial score (nSPS) is 29.5. The van der Waals surface area contributed by atoms with Crippen molar-refractivity contribution in [3.05, 3.63) is 0 Å². The van der Waals surface area contributed by atoms with Crippen LogP contribution < -0.4 is 5.32 Å². The second kappa shape index (κ2) is 6.72. The van der Waals surface area contributed by atoms with Crippen LogP contribution in [0.2, 0.25) is 0 Å². The minimum atomic E-state index is 0.738. The Hall–Kier alpha value is -0.120. The maximum absolute atomic E-state index is 3.71. The molecule has 2 aliphatic heterocycles. The van der Waals surface area contributed by atoms with Crippen molar-refractivity contribution in [3.8, 4) is 0 Å². The lowest BCUT2D eigenvalue weighted by molar-refractivity contribution is 0.134. The highest BCUT2D eigenvalue weighted by Crippen LogP contribution is 2.16. The Kier molecular flexibility index (Phi) is 5.26. The molecule has 0 spiro atoms. The molecule has 0 aromatic heterocycles. The monoisotopic (exact) mass is 239 g/mol. The van der Waals surface area contributed by atoms with Crippen LogP contribution in [0.4, 0.5) is 0 Å². The van der Waals surface area contributed by atoms with Gasteiger partial charge in [0.05, 0.1) is 0 Å². The Balaban J connectivity index is 1.73. The average Bonchev–Trinajstić information content (AvgIpc) is 2.58. The maximum atomic E-state index is 3.71. The maximum Gasteiger partial charge on any atom is 0.0195 e. The third-order valence-electron chi connectivity index (χ3n) is 4.48. The fraction of sp³-hybridized carbons (Fsp3) is 1.00. The van der Waals surface area contributed by atoms with Gasteiger partial charge in [-0.25, -0.2) is 0 Å². The van der Waals surface area contributed by atoms with E-state index in [9.17, 15) is 0 Å². The molecule has 0 amide bonds. The summed E-state index contributed by atoms with van der Waals surface area (Å²) in [6.07, 6.45) is 8.27. The number of nitrogens with one attached hydrogen (secondary N) is 1. The average molecular weight is 239 g/mol. The van der Waals surface area contributed by atoms with Crippen LogP contribution in [-0.2, 0) is 0 Å². The Labute approximate surface area is 107 Å². The quantitative estimate of drug-likeness (QED) is 0.806. The zero-order valence-corrected chi connectivity index (χ0v) is 11.6. The molecule has 1 atom stereocenters. The van der Waals surface area contributed by atoms with Crippen molar-refractivity contribution < 1.29 is 0 Å². The fourth-order valence-corrected chi connectivity index (χ4v) is 3.19. The second-order valence-electron chi connectivity index (χ2n) is 5.97. The first-order chi connectivity index (χ1) is 8.25. The molecule has 3 nitrogen and oxygen atoms in total. The summed E-state index contributed by atoms with van der Waals surface area (Å²) in [4.78, 5) is 5.06. The Morgan fingerprint density at radius 1 is 1.12 bits per heavy atom. The highest BCUT2D eigenvalue weighted by Gasteiger charge is 2.22. The van der Waals surface area contributed by atoms with Gasteiger partial charge in [-0.3, -0.25) is 0 Å². The van der Waals surface area contributed by atoms with Gasteiger partial charge < -0.3 is 15.1 Å². The lowest BCUT2D eigenvalue weighted by atomic mass is 10.0. The summed E-state index contributed by atoms with van der Waals surface area (Å²) < 4.78 is 0. The van der Waals surface area contributed by atoms with Gasteiger partial charge in [-0.05, 0) is 59.4 Å². The highest BCUT2D eigenvalue weighted by atomic mass is 15.2. The van der Waals surface area contributed by atoms with Crippen LogP contribution in [0.15, 0.2) is 0 Å². The van der Waals surface area contributed by atoms with Gasteiger partial charge in [0, 0.05) is 18.6 Å². The minimum absolute atomic E-state index is 0.738. The van der Waals surface area contributed by atoms with E-state index in [4.69, 9.17) is 0 Å². The van der Waals surface area contributed by atoms with Gasteiger partial charge in [-0.1, -0.05) is 12.8 Å². The van der Waals surface area contributed by atoms with Gasteiger partial charge in [0.2, 0.25) is 0 Å². The molecule has 17 heavy (non-hydrogen) atoms. The van der Waals surface area contributed by atoms with E-state index in [2.05, 4.69) is 29.2 Å². The van der Waals surface area contributed by atoms with Crippen molar-refractivity contribution in [3.63, 3.8) is 0 Å². The number of hydrogen-bond donors (Lipinski definition) is 1. The summed E-state index contributed by atoms with van der Waals surface area (Å²) in [6, 6.07) is 1.55. The number of likely N-dealkylation sites (tertiary alicyclic amines) is 1. The van der Waals surface area contributed by atoms with Gasteiger partial charge in [0.25, 0.3) is 0 Å². The first kappa shape index (κ1) is 13.3. The molecular weight excluding hydrogens is 210 g/mol. The van der Waals surface area contributed by atoms with E-state index in [0.717, 1.165) is 12.1 Å². The van der Waals surface area contributed by atoms with Gasteiger partial charge in [0.15, 0.2) is 0 Å². The zero-order chi connectivity index (χ0) is 12.1. The van der Waals surface area contributed by atoms with E-state index < -0.39 is 0 Å². The molecule has 0 aliphatic carbocycles. The predicted octanol–water partition coefficient (Wildman–Crippen LogP) is 1.54. The third kappa shape index (κ3) is 4.23. The second-order valence-corrected chi connectivity index (χ2v) is 5.97. The summed E-state index contributed by atoms with van der Waals surface area (Å²) in [7, 11) is 4.56. The first-order valence-electron chi connectivity index (χ1n) is 7.38. The topological polar surface area (TPSA) is 18.5 Å². The number of rotatable bonds is 3. The number of nitrogens with zero attached hydrogens (tertiary/aromatic N) is 2. The van der Waals surface area contributed by atoms with Crippen molar-refractivity contribution >= 4 is 0 Å². The SMILES string of the molecule is CN1CCC(N(C)CC2CCCCCN2)CC1. The van der Waals surface area contributed by atoms with Crippen LogP contribution in [0.1, 0.15) is 38.5 Å². The molecule has 2 saturated heterocycles. The molecule has 2 aliphatic rings. The van der Waals surface area contributed by atoms with Crippen molar-refractivity contribution in [2.75, 3.05) is 40.3 Å². The van der Waals surface area contributed by atoms with Crippen molar-refractivity contribution in [2.24, 2.45) is 0 Å². The first-order valence-corrected chi connectivity index (χ1v) is 7.38. The molecule has 0 saturated carbocycles. The molecule has 2 rings (SSSR count). The van der Waals surface area contributed by atoms with Crippen molar-refractivity contribution in [1.82, 2.24) is 15.1 Å².